The second kappa shape index (κ2) is 7.30. The molecule has 0 radical (unpaired) electrons. The highest BCUT2D eigenvalue weighted by atomic mass is 79.9. The number of benzene rings is 2. The van der Waals surface area contributed by atoms with Crippen LogP contribution in [0.3, 0.4) is 0 Å². The Labute approximate surface area is 146 Å². The van der Waals surface area contributed by atoms with Crippen molar-refractivity contribution in [2.75, 3.05) is 5.32 Å². The van der Waals surface area contributed by atoms with Crippen molar-refractivity contribution >= 4 is 50.5 Å². The zero-order chi connectivity index (χ0) is 17.0. The second-order valence-electron chi connectivity index (χ2n) is 4.62. The van der Waals surface area contributed by atoms with E-state index in [1.165, 1.54) is 25.1 Å². The van der Waals surface area contributed by atoms with Gasteiger partial charge in [-0.15, -0.1) is 0 Å². The number of thiocarbonyl (C=S) groups is 1. The molecule has 23 heavy (non-hydrogen) atoms. The molecule has 0 unspecified atom stereocenters. The molecule has 0 fully saturated rings. The van der Waals surface area contributed by atoms with Crippen molar-refractivity contribution in [1.82, 2.24) is 5.32 Å². The molecule has 8 heteroatoms. The lowest BCUT2D eigenvalue weighted by Crippen LogP contribution is -2.34. The maximum atomic E-state index is 12.2. The van der Waals surface area contributed by atoms with Gasteiger partial charge < -0.3 is 5.32 Å². The van der Waals surface area contributed by atoms with E-state index in [1.807, 2.05) is 12.1 Å². The fourth-order valence-corrected chi connectivity index (χ4v) is 2.41. The summed E-state index contributed by atoms with van der Waals surface area (Å²) in [6, 6.07) is 11.6. The maximum Gasteiger partial charge on any atom is 0.273 e. The summed E-state index contributed by atoms with van der Waals surface area (Å²) in [5, 5.41) is 16.4. The number of hydrogen-bond donors (Lipinski definition) is 2. The Hall–Kier alpha value is -2.32. The topological polar surface area (TPSA) is 84.3 Å². The molecule has 118 valence electrons. The minimum absolute atomic E-state index is 0.107. The van der Waals surface area contributed by atoms with Gasteiger partial charge in [-0.3, -0.25) is 20.2 Å². The summed E-state index contributed by atoms with van der Waals surface area (Å²) in [5.41, 5.74) is 1.11. The fourth-order valence-electron chi connectivity index (χ4n) is 1.93. The minimum Gasteiger partial charge on any atom is -0.332 e. The molecule has 0 bridgehead atoms. The van der Waals surface area contributed by atoms with Crippen molar-refractivity contribution in [1.29, 1.82) is 0 Å². The number of carbonyl (C=O) groups excluding carboxylic acids is 1. The number of nitrogens with one attached hydrogen (secondary N) is 2. The van der Waals surface area contributed by atoms with E-state index in [2.05, 4.69) is 26.6 Å². The molecule has 0 aliphatic heterocycles. The molecule has 0 aliphatic carbocycles. The number of amides is 1. The summed E-state index contributed by atoms with van der Waals surface area (Å²) in [5.74, 6) is -0.499. The fraction of sp³-hybridized carbons (Fsp3) is 0.0667. The van der Waals surface area contributed by atoms with E-state index in [4.69, 9.17) is 12.2 Å². The zero-order valence-corrected chi connectivity index (χ0v) is 14.4. The summed E-state index contributed by atoms with van der Waals surface area (Å²) >= 11 is 8.41. The lowest BCUT2D eigenvalue weighted by atomic mass is 10.1. The first-order valence-electron chi connectivity index (χ1n) is 6.50. The van der Waals surface area contributed by atoms with E-state index in [9.17, 15) is 14.9 Å². The molecular weight excluding hydrogens is 382 g/mol. The Bertz CT molecular complexity index is 778. The van der Waals surface area contributed by atoms with Gasteiger partial charge >= 0.3 is 0 Å². The van der Waals surface area contributed by atoms with Gasteiger partial charge in [0.25, 0.3) is 11.6 Å². The van der Waals surface area contributed by atoms with Crippen LogP contribution in [0.25, 0.3) is 0 Å². The predicted molar refractivity (Wildman–Crippen MR) is 95.7 cm³/mol. The van der Waals surface area contributed by atoms with Crippen LogP contribution in [0.15, 0.2) is 46.9 Å². The van der Waals surface area contributed by atoms with Crippen molar-refractivity contribution in [2.45, 2.75) is 6.92 Å². The molecule has 0 aromatic heterocycles. The van der Waals surface area contributed by atoms with Crippen LogP contribution in [0, 0.1) is 17.0 Å². The van der Waals surface area contributed by atoms with Crippen molar-refractivity contribution in [3.05, 3.63) is 68.2 Å². The normalized spacial score (nSPS) is 10.0. The van der Waals surface area contributed by atoms with Crippen LogP contribution in [0.1, 0.15) is 15.9 Å². The number of rotatable bonds is 3. The summed E-state index contributed by atoms with van der Waals surface area (Å²) in [6.07, 6.45) is 0. The van der Waals surface area contributed by atoms with Gasteiger partial charge in [0.15, 0.2) is 5.11 Å². The minimum atomic E-state index is -0.523. The molecule has 6 nitrogen and oxygen atoms in total. The van der Waals surface area contributed by atoms with Gasteiger partial charge in [-0.2, -0.15) is 0 Å². The third-order valence-corrected chi connectivity index (χ3v) is 3.81. The van der Waals surface area contributed by atoms with Crippen LogP contribution in [0.2, 0.25) is 0 Å². The number of nitro groups is 1. The Morgan fingerprint density at radius 3 is 2.48 bits per heavy atom. The largest absolute Gasteiger partial charge is 0.332 e. The van der Waals surface area contributed by atoms with Crippen molar-refractivity contribution in [3.63, 3.8) is 0 Å². The molecule has 0 atom stereocenters. The molecule has 1 amide bonds. The Balaban J connectivity index is 2.10. The molecule has 0 saturated heterocycles. The van der Waals surface area contributed by atoms with E-state index in [1.54, 1.807) is 12.1 Å². The highest BCUT2D eigenvalue weighted by Crippen LogP contribution is 2.21. The molecule has 2 rings (SSSR count). The predicted octanol–water partition coefficient (Wildman–Crippen LogP) is 3.79. The molecular formula is C15H12BrN3O3S. The van der Waals surface area contributed by atoms with Gasteiger partial charge in [0.2, 0.25) is 0 Å². The quantitative estimate of drug-likeness (QED) is 0.470. The standard InChI is InChI=1S/C15H12BrN3O3S/c1-9-12(3-2-4-13(9)19(21)22)14(20)18-15(23)17-11-7-5-10(16)6-8-11/h2-8H,1H3,(H2,17,18,20,23). The summed E-state index contributed by atoms with van der Waals surface area (Å²) < 4.78 is 0.922. The van der Waals surface area contributed by atoms with Crippen molar-refractivity contribution < 1.29 is 9.72 Å². The summed E-state index contributed by atoms with van der Waals surface area (Å²) in [6.45, 7) is 1.53. The summed E-state index contributed by atoms with van der Waals surface area (Å²) in [4.78, 5) is 22.6. The van der Waals surface area contributed by atoms with E-state index in [0.717, 1.165) is 4.47 Å². The van der Waals surface area contributed by atoms with E-state index < -0.39 is 10.8 Å². The third-order valence-electron chi connectivity index (χ3n) is 3.08. The van der Waals surface area contributed by atoms with Gasteiger partial charge in [0.1, 0.15) is 0 Å². The number of halogens is 1. The van der Waals surface area contributed by atoms with E-state index in [0.29, 0.717) is 11.3 Å². The average Bonchev–Trinajstić information content (AvgIpc) is 2.49. The monoisotopic (exact) mass is 393 g/mol. The second-order valence-corrected chi connectivity index (χ2v) is 5.95. The van der Waals surface area contributed by atoms with Crippen LogP contribution in [0.4, 0.5) is 11.4 Å². The lowest BCUT2D eigenvalue weighted by molar-refractivity contribution is -0.385. The van der Waals surface area contributed by atoms with Crippen molar-refractivity contribution in [3.8, 4) is 0 Å². The summed E-state index contributed by atoms with van der Waals surface area (Å²) in [7, 11) is 0. The van der Waals surface area contributed by atoms with Crippen LogP contribution in [-0.4, -0.2) is 15.9 Å². The first-order valence-corrected chi connectivity index (χ1v) is 7.70. The van der Waals surface area contributed by atoms with Gasteiger partial charge in [0, 0.05) is 27.4 Å². The van der Waals surface area contributed by atoms with E-state index in [-0.39, 0.29) is 16.4 Å². The Morgan fingerprint density at radius 2 is 1.87 bits per heavy atom. The van der Waals surface area contributed by atoms with Crippen molar-refractivity contribution in [2.24, 2.45) is 0 Å². The van der Waals surface area contributed by atoms with Gasteiger partial charge in [0.05, 0.1) is 4.92 Å². The molecule has 0 aliphatic rings. The smallest absolute Gasteiger partial charge is 0.273 e. The maximum absolute atomic E-state index is 12.2. The molecule has 2 aromatic rings. The molecule has 2 N–H and O–H groups in total. The van der Waals surface area contributed by atoms with Crippen LogP contribution in [-0.2, 0) is 0 Å². The number of anilines is 1. The first-order chi connectivity index (χ1) is 10.9. The molecule has 2 aromatic carbocycles. The number of nitro benzene ring substituents is 1. The first kappa shape index (κ1) is 17.0. The van der Waals surface area contributed by atoms with Crippen LogP contribution < -0.4 is 10.6 Å². The lowest BCUT2D eigenvalue weighted by Gasteiger charge is -2.11. The molecule has 0 heterocycles. The number of nitrogens with zero attached hydrogens (tertiary/aromatic N) is 1. The molecule has 0 saturated carbocycles. The SMILES string of the molecule is Cc1c(C(=O)NC(=S)Nc2ccc(Br)cc2)cccc1[N+](=O)[O-]. The zero-order valence-electron chi connectivity index (χ0n) is 12.0. The van der Waals surface area contributed by atoms with Crippen LogP contribution in [0.5, 0.6) is 0 Å². The third kappa shape index (κ3) is 4.33. The Morgan fingerprint density at radius 1 is 1.22 bits per heavy atom. The average molecular weight is 394 g/mol. The highest BCUT2D eigenvalue weighted by molar-refractivity contribution is 9.10. The van der Waals surface area contributed by atoms with Gasteiger partial charge in [-0.05, 0) is 49.5 Å². The highest BCUT2D eigenvalue weighted by Gasteiger charge is 2.18. The number of carbonyl (C=O) groups is 1. The number of hydrogen-bond acceptors (Lipinski definition) is 4. The van der Waals surface area contributed by atoms with Crippen LogP contribution >= 0.6 is 28.1 Å². The Kier molecular flexibility index (Phi) is 5.41. The van der Waals surface area contributed by atoms with Gasteiger partial charge in [-0.1, -0.05) is 22.0 Å². The van der Waals surface area contributed by atoms with Gasteiger partial charge in [-0.25, -0.2) is 0 Å². The molecule has 0 spiro atoms. The van der Waals surface area contributed by atoms with E-state index >= 15 is 0 Å².